The molecule has 2 rings (SSSR count). The summed E-state index contributed by atoms with van der Waals surface area (Å²) in [5.41, 5.74) is 0.751. The van der Waals surface area contributed by atoms with Crippen LogP contribution in [0.3, 0.4) is 0 Å². The lowest BCUT2D eigenvalue weighted by Gasteiger charge is -2.17. The Balaban J connectivity index is 2.21. The van der Waals surface area contributed by atoms with Crippen molar-refractivity contribution in [2.45, 2.75) is 31.5 Å². The third-order valence-electron chi connectivity index (χ3n) is 3.19. The highest BCUT2D eigenvalue weighted by molar-refractivity contribution is 5.63. The van der Waals surface area contributed by atoms with Crippen molar-refractivity contribution in [3.8, 4) is 0 Å². The number of ether oxygens (including phenoxy) is 1. The number of hydrogen-bond donors (Lipinski definition) is 4. The molecule has 8 heteroatoms. The van der Waals surface area contributed by atoms with E-state index in [1.807, 2.05) is 0 Å². The highest BCUT2D eigenvalue weighted by Gasteiger charge is 2.42. The first kappa shape index (κ1) is 14.7. The molecule has 1 aromatic rings. The summed E-state index contributed by atoms with van der Waals surface area (Å²) in [6, 6.07) is 4.57. The molecule has 8 nitrogen and oxygen atoms in total. The van der Waals surface area contributed by atoms with E-state index in [2.05, 4.69) is 5.32 Å². The number of aliphatic hydroxyl groups is 3. The maximum atomic E-state index is 11.0. The van der Waals surface area contributed by atoms with Crippen LogP contribution in [-0.2, 0) is 4.74 Å². The van der Waals surface area contributed by atoms with Crippen LogP contribution in [0.15, 0.2) is 18.2 Å². The van der Waals surface area contributed by atoms with Crippen LogP contribution in [0, 0.1) is 17.0 Å². The summed E-state index contributed by atoms with van der Waals surface area (Å²) in [6.45, 7) is 1.27. The lowest BCUT2D eigenvalue weighted by molar-refractivity contribution is -0.384. The molecule has 1 heterocycles. The minimum atomic E-state index is -1.28. The number of rotatable bonds is 4. The van der Waals surface area contributed by atoms with Gasteiger partial charge in [0, 0.05) is 6.07 Å². The molecule has 0 aliphatic carbocycles. The number of benzene rings is 1. The van der Waals surface area contributed by atoms with Crippen LogP contribution in [0.1, 0.15) is 5.56 Å². The summed E-state index contributed by atoms with van der Waals surface area (Å²) in [4.78, 5) is 10.4. The standard InChI is InChI=1S/C12H16N2O6/c1-6-2-3-7(8(4-6)14(18)19)13-12-11(17)10(16)9(5-15)20-12/h2-4,9-13,15-17H,5H2,1H3/t9-,10+,11+,12-/m1/s1. The van der Waals surface area contributed by atoms with Crippen LogP contribution < -0.4 is 5.32 Å². The van der Waals surface area contributed by atoms with Gasteiger partial charge < -0.3 is 25.4 Å². The van der Waals surface area contributed by atoms with Gasteiger partial charge in [-0.05, 0) is 18.6 Å². The number of aryl methyl sites for hydroxylation is 1. The minimum absolute atomic E-state index is 0.150. The van der Waals surface area contributed by atoms with E-state index < -0.39 is 36.1 Å². The lowest BCUT2D eigenvalue weighted by atomic mass is 10.1. The molecule has 1 fully saturated rings. The zero-order valence-corrected chi connectivity index (χ0v) is 10.8. The molecular weight excluding hydrogens is 268 g/mol. The molecule has 0 unspecified atom stereocenters. The van der Waals surface area contributed by atoms with Crippen molar-refractivity contribution in [3.05, 3.63) is 33.9 Å². The van der Waals surface area contributed by atoms with Crippen LogP contribution in [0.4, 0.5) is 11.4 Å². The largest absolute Gasteiger partial charge is 0.394 e. The van der Waals surface area contributed by atoms with Gasteiger partial charge in [-0.1, -0.05) is 6.07 Å². The Morgan fingerprint density at radius 1 is 1.40 bits per heavy atom. The number of aliphatic hydroxyl groups excluding tert-OH is 3. The molecule has 0 aromatic heterocycles. The number of hydrogen-bond acceptors (Lipinski definition) is 7. The average molecular weight is 284 g/mol. The molecule has 0 saturated carbocycles. The second kappa shape index (κ2) is 5.71. The predicted octanol–water partition coefficient (Wildman–Crippen LogP) is -0.246. The fourth-order valence-electron chi connectivity index (χ4n) is 2.09. The first-order valence-electron chi connectivity index (χ1n) is 6.08. The fraction of sp³-hybridized carbons (Fsp3) is 0.500. The Kier molecular flexibility index (Phi) is 4.19. The van der Waals surface area contributed by atoms with Gasteiger partial charge in [0.1, 0.15) is 24.0 Å². The normalized spacial score (nSPS) is 29.4. The van der Waals surface area contributed by atoms with E-state index >= 15 is 0 Å². The van der Waals surface area contributed by atoms with Gasteiger partial charge in [0.25, 0.3) is 5.69 Å². The summed E-state index contributed by atoms with van der Waals surface area (Å²) < 4.78 is 5.22. The van der Waals surface area contributed by atoms with Crippen LogP contribution in [-0.4, -0.2) is 51.4 Å². The second-order valence-electron chi connectivity index (χ2n) is 4.68. The highest BCUT2D eigenvalue weighted by Crippen LogP contribution is 2.29. The van der Waals surface area contributed by atoms with Gasteiger partial charge in [-0.3, -0.25) is 10.1 Å². The van der Waals surface area contributed by atoms with E-state index in [1.165, 1.54) is 12.1 Å². The van der Waals surface area contributed by atoms with Gasteiger partial charge in [-0.2, -0.15) is 0 Å². The molecule has 0 amide bonds. The van der Waals surface area contributed by atoms with Gasteiger partial charge in [0.05, 0.1) is 11.5 Å². The Morgan fingerprint density at radius 2 is 2.10 bits per heavy atom. The Morgan fingerprint density at radius 3 is 2.65 bits per heavy atom. The molecule has 1 aliphatic rings. The molecule has 1 aromatic carbocycles. The van der Waals surface area contributed by atoms with Crippen molar-refractivity contribution in [2.24, 2.45) is 0 Å². The van der Waals surface area contributed by atoms with E-state index in [0.717, 1.165) is 5.56 Å². The maximum Gasteiger partial charge on any atom is 0.292 e. The third kappa shape index (κ3) is 2.73. The molecular formula is C12H16N2O6. The molecule has 20 heavy (non-hydrogen) atoms. The number of anilines is 1. The first-order chi connectivity index (χ1) is 9.43. The molecule has 0 spiro atoms. The van der Waals surface area contributed by atoms with Crippen molar-refractivity contribution in [2.75, 3.05) is 11.9 Å². The van der Waals surface area contributed by atoms with Gasteiger partial charge in [0.2, 0.25) is 0 Å². The Hall–Kier alpha value is -1.74. The van der Waals surface area contributed by atoms with E-state index in [-0.39, 0.29) is 11.4 Å². The van der Waals surface area contributed by atoms with Gasteiger partial charge >= 0.3 is 0 Å². The van der Waals surface area contributed by atoms with Crippen molar-refractivity contribution >= 4 is 11.4 Å². The summed E-state index contributed by atoms with van der Waals surface area (Å²) >= 11 is 0. The Labute approximate surface area is 114 Å². The molecule has 4 N–H and O–H groups in total. The fourth-order valence-corrected chi connectivity index (χ4v) is 2.09. The molecule has 1 saturated heterocycles. The SMILES string of the molecule is Cc1ccc(N[C@@H]2O[C@H](CO)[C@H](O)[C@@H]2O)c([N+](=O)[O-])c1. The zero-order chi connectivity index (χ0) is 14.9. The quantitative estimate of drug-likeness (QED) is 0.444. The van der Waals surface area contributed by atoms with Crippen LogP contribution in [0.5, 0.6) is 0 Å². The van der Waals surface area contributed by atoms with Crippen LogP contribution >= 0.6 is 0 Å². The smallest absolute Gasteiger partial charge is 0.292 e. The minimum Gasteiger partial charge on any atom is -0.394 e. The van der Waals surface area contributed by atoms with Crippen LogP contribution in [0.2, 0.25) is 0 Å². The predicted molar refractivity (Wildman–Crippen MR) is 69.2 cm³/mol. The third-order valence-corrected chi connectivity index (χ3v) is 3.19. The summed E-state index contributed by atoms with van der Waals surface area (Å²) in [5, 5.41) is 42.1. The molecule has 0 radical (unpaired) electrons. The summed E-state index contributed by atoms with van der Waals surface area (Å²) in [6.07, 6.45) is -4.48. The maximum absolute atomic E-state index is 11.0. The molecule has 4 atom stereocenters. The van der Waals surface area contributed by atoms with Crippen molar-refractivity contribution in [1.82, 2.24) is 0 Å². The lowest BCUT2D eigenvalue weighted by Crippen LogP contribution is -2.36. The number of nitrogens with one attached hydrogen (secondary N) is 1. The molecule has 0 bridgehead atoms. The van der Waals surface area contributed by atoms with Gasteiger partial charge in [-0.15, -0.1) is 0 Å². The van der Waals surface area contributed by atoms with Crippen molar-refractivity contribution < 1.29 is 25.0 Å². The van der Waals surface area contributed by atoms with E-state index in [4.69, 9.17) is 9.84 Å². The van der Waals surface area contributed by atoms with Crippen LogP contribution in [0.25, 0.3) is 0 Å². The van der Waals surface area contributed by atoms with Crippen molar-refractivity contribution in [3.63, 3.8) is 0 Å². The van der Waals surface area contributed by atoms with Gasteiger partial charge in [0.15, 0.2) is 6.23 Å². The summed E-state index contributed by atoms with van der Waals surface area (Å²) in [5.74, 6) is 0. The topological polar surface area (TPSA) is 125 Å². The molecule has 110 valence electrons. The highest BCUT2D eigenvalue weighted by atomic mass is 16.6. The van der Waals surface area contributed by atoms with E-state index in [1.54, 1.807) is 13.0 Å². The van der Waals surface area contributed by atoms with E-state index in [9.17, 15) is 20.3 Å². The number of nitro benzene ring substituents is 1. The van der Waals surface area contributed by atoms with Gasteiger partial charge in [-0.25, -0.2) is 0 Å². The van der Waals surface area contributed by atoms with Crippen molar-refractivity contribution in [1.29, 1.82) is 0 Å². The molecule has 1 aliphatic heterocycles. The average Bonchev–Trinajstić information content (AvgIpc) is 2.68. The number of nitro groups is 1. The zero-order valence-electron chi connectivity index (χ0n) is 10.8. The monoisotopic (exact) mass is 284 g/mol. The van der Waals surface area contributed by atoms with E-state index in [0.29, 0.717) is 0 Å². The summed E-state index contributed by atoms with van der Waals surface area (Å²) in [7, 11) is 0. The number of nitrogens with zero attached hydrogens (tertiary/aromatic N) is 1. The first-order valence-corrected chi connectivity index (χ1v) is 6.08. The Bertz CT molecular complexity index is 509. The second-order valence-corrected chi connectivity index (χ2v) is 4.68.